The minimum absolute atomic E-state index is 0.0133. The molecule has 1 aromatic rings. The Balaban J connectivity index is 2.17. The van der Waals surface area contributed by atoms with E-state index >= 15 is 0 Å². The van der Waals surface area contributed by atoms with Gasteiger partial charge in [-0.25, -0.2) is 13.2 Å². The van der Waals surface area contributed by atoms with E-state index < -0.39 is 17.5 Å². The average Bonchev–Trinajstić information content (AvgIpc) is 2.29. The van der Waals surface area contributed by atoms with Crippen molar-refractivity contribution < 1.29 is 13.2 Å². The molecule has 3 unspecified atom stereocenters. The molecule has 2 rings (SSSR count). The number of rotatable bonds is 2. The summed E-state index contributed by atoms with van der Waals surface area (Å²) in [6.45, 7) is 4.99. The van der Waals surface area contributed by atoms with Crippen LogP contribution >= 0.6 is 0 Å². The molecule has 1 aliphatic rings. The van der Waals surface area contributed by atoms with Gasteiger partial charge in [-0.1, -0.05) is 6.92 Å². The third kappa shape index (κ3) is 3.03. The highest BCUT2D eigenvalue weighted by Crippen LogP contribution is 2.27. The SMILES string of the molecule is CC1CN(C)C(C)CC1Nc1c(F)cc(F)cc1F. The van der Waals surface area contributed by atoms with Crippen molar-refractivity contribution in [1.82, 2.24) is 4.90 Å². The summed E-state index contributed by atoms with van der Waals surface area (Å²) in [4.78, 5) is 2.22. The van der Waals surface area contributed by atoms with Crippen LogP contribution in [0.1, 0.15) is 20.3 Å². The van der Waals surface area contributed by atoms with Gasteiger partial charge in [-0.2, -0.15) is 0 Å². The van der Waals surface area contributed by atoms with Crippen LogP contribution in [0.2, 0.25) is 0 Å². The van der Waals surface area contributed by atoms with Crippen molar-refractivity contribution >= 4 is 5.69 Å². The molecular weight excluding hydrogens is 253 g/mol. The highest BCUT2D eigenvalue weighted by atomic mass is 19.1. The Morgan fingerprint density at radius 2 is 1.74 bits per heavy atom. The van der Waals surface area contributed by atoms with E-state index in [1.54, 1.807) is 0 Å². The summed E-state index contributed by atoms with van der Waals surface area (Å²) in [6.07, 6.45) is 0.800. The van der Waals surface area contributed by atoms with Crippen molar-refractivity contribution in [2.75, 3.05) is 18.9 Å². The van der Waals surface area contributed by atoms with Crippen LogP contribution in [0.25, 0.3) is 0 Å². The normalized spacial score (nSPS) is 28.4. The summed E-state index contributed by atoms with van der Waals surface area (Å²) in [7, 11) is 2.04. The molecule has 5 heteroatoms. The van der Waals surface area contributed by atoms with E-state index in [9.17, 15) is 13.2 Å². The van der Waals surface area contributed by atoms with Crippen LogP contribution in [0, 0.1) is 23.4 Å². The molecule has 1 aliphatic heterocycles. The van der Waals surface area contributed by atoms with E-state index in [-0.39, 0.29) is 17.6 Å². The smallest absolute Gasteiger partial charge is 0.152 e. The van der Waals surface area contributed by atoms with Crippen LogP contribution in [-0.4, -0.2) is 30.6 Å². The van der Waals surface area contributed by atoms with E-state index in [2.05, 4.69) is 17.1 Å². The fourth-order valence-corrected chi connectivity index (χ4v) is 2.61. The van der Waals surface area contributed by atoms with Crippen molar-refractivity contribution in [2.24, 2.45) is 5.92 Å². The van der Waals surface area contributed by atoms with Gasteiger partial charge in [-0.3, -0.25) is 0 Å². The summed E-state index contributed by atoms with van der Waals surface area (Å²) >= 11 is 0. The second kappa shape index (κ2) is 5.41. The van der Waals surface area contributed by atoms with E-state index in [1.807, 2.05) is 14.0 Å². The molecule has 1 aromatic carbocycles. The standard InChI is InChI=1S/C14H19F3N2/c1-8-7-19(3)9(2)4-13(8)18-14-11(16)5-10(15)6-12(14)17/h5-6,8-9,13,18H,4,7H2,1-3H3. The summed E-state index contributed by atoms with van der Waals surface area (Å²) in [5.41, 5.74) is -0.227. The molecule has 106 valence electrons. The van der Waals surface area contributed by atoms with Gasteiger partial charge in [0.25, 0.3) is 0 Å². The van der Waals surface area contributed by atoms with E-state index in [0.717, 1.165) is 13.0 Å². The minimum atomic E-state index is -0.898. The van der Waals surface area contributed by atoms with Gasteiger partial charge < -0.3 is 10.2 Å². The highest BCUT2D eigenvalue weighted by molar-refractivity contribution is 5.47. The summed E-state index contributed by atoms with van der Waals surface area (Å²) < 4.78 is 40.1. The first-order chi connectivity index (χ1) is 8.88. The maximum atomic E-state index is 13.6. The predicted molar refractivity (Wildman–Crippen MR) is 69.6 cm³/mol. The molecule has 1 N–H and O–H groups in total. The van der Waals surface area contributed by atoms with Gasteiger partial charge in [0, 0.05) is 30.8 Å². The van der Waals surface area contributed by atoms with Crippen LogP contribution in [0.4, 0.5) is 18.9 Å². The third-order valence-electron chi connectivity index (χ3n) is 3.95. The lowest BCUT2D eigenvalue weighted by atomic mass is 9.89. The topological polar surface area (TPSA) is 15.3 Å². The second-order valence-electron chi connectivity index (χ2n) is 5.50. The maximum Gasteiger partial charge on any atom is 0.152 e. The van der Waals surface area contributed by atoms with Crippen LogP contribution in [0.15, 0.2) is 12.1 Å². The molecule has 0 saturated carbocycles. The van der Waals surface area contributed by atoms with Crippen LogP contribution in [-0.2, 0) is 0 Å². The van der Waals surface area contributed by atoms with Crippen molar-refractivity contribution in [1.29, 1.82) is 0 Å². The van der Waals surface area contributed by atoms with Gasteiger partial charge in [-0.05, 0) is 26.3 Å². The van der Waals surface area contributed by atoms with Gasteiger partial charge in [0.05, 0.1) is 0 Å². The number of anilines is 1. The molecule has 2 nitrogen and oxygen atoms in total. The Morgan fingerprint density at radius 3 is 2.32 bits per heavy atom. The zero-order valence-corrected chi connectivity index (χ0v) is 11.4. The Bertz CT molecular complexity index is 441. The van der Waals surface area contributed by atoms with Crippen molar-refractivity contribution in [3.05, 3.63) is 29.6 Å². The molecule has 0 aromatic heterocycles. The summed E-state index contributed by atoms with van der Waals surface area (Å²) in [5, 5.41) is 2.90. The molecule has 19 heavy (non-hydrogen) atoms. The highest BCUT2D eigenvalue weighted by Gasteiger charge is 2.30. The number of halogens is 3. The minimum Gasteiger partial charge on any atom is -0.377 e. The molecule has 1 fully saturated rings. The van der Waals surface area contributed by atoms with Gasteiger partial charge in [0.1, 0.15) is 11.5 Å². The van der Waals surface area contributed by atoms with Crippen LogP contribution < -0.4 is 5.32 Å². The molecule has 0 spiro atoms. The van der Waals surface area contributed by atoms with Crippen molar-refractivity contribution in [3.63, 3.8) is 0 Å². The fraction of sp³-hybridized carbons (Fsp3) is 0.571. The lowest BCUT2D eigenvalue weighted by Crippen LogP contribution is -2.48. The molecule has 1 saturated heterocycles. The zero-order chi connectivity index (χ0) is 14.2. The molecule has 3 atom stereocenters. The summed E-state index contributed by atoms with van der Waals surface area (Å²) in [6, 6.07) is 1.74. The second-order valence-corrected chi connectivity index (χ2v) is 5.50. The Kier molecular flexibility index (Phi) is 4.04. The molecule has 0 bridgehead atoms. The van der Waals surface area contributed by atoms with E-state index in [4.69, 9.17) is 0 Å². The molecule has 0 aliphatic carbocycles. The van der Waals surface area contributed by atoms with Gasteiger partial charge in [0.15, 0.2) is 11.6 Å². The number of piperidine rings is 1. The van der Waals surface area contributed by atoms with Gasteiger partial charge in [-0.15, -0.1) is 0 Å². The maximum absolute atomic E-state index is 13.6. The first kappa shape index (κ1) is 14.2. The third-order valence-corrected chi connectivity index (χ3v) is 3.95. The molecule has 0 radical (unpaired) electrons. The molecule has 1 heterocycles. The number of nitrogens with one attached hydrogen (secondary N) is 1. The Morgan fingerprint density at radius 1 is 1.16 bits per heavy atom. The fourth-order valence-electron chi connectivity index (χ4n) is 2.61. The monoisotopic (exact) mass is 272 g/mol. The largest absolute Gasteiger partial charge is 0.377 e. The number of likely N-dealkylation sites (tertiary alicyclic amines) is 1. The Labute approximate surface area is 111 Å². The van der Waals surface area contributed by atoms with Gasteiger partial charge in [0.2, 0.25) is 0 Å². The first-order valence-electron chi connectivity index (χ1n) is 6.49. The van der Waals surface area contributed by atoms with Crippen molar-refractivity contribution in [3.8, 4) is 0 Å². The lowest BCUT2D eigenvalue weighted by molar-refractivity contribution is 0.145. The first-order valence-corrected chi connectivity index (χ1v) is 6.49. The average molecular weight is 272 g/mol. The number of nitrogens with zero attached hydrogens (tertiary/aromatic N) is 1. The van der Waals surface area contributed by atoms with Crippen molar-refractivity contribution in [2.45, 2.75) is 32.4 Å². The zero-order valence-electron chi connectivity index (χ0n) is 11.4. The quantitative estimate of drug-likeness (QED) is 0.889. The Hall–Kier alpha value is -1.23. The van der Waals surface area contributed by atoms with E-state index in [0.29, 0.717) is 18.2 Å². The summed E-state index contributed by atoms with van der Waals surface area (Å²) in [5.74, 6) is -2.39. The predicted octanol–water partition coefficient (Wildman–Crippen LogP) is 3.24. The van der Waals surface area contributed by atoms with Crippen LogP contribution in [0.3, 0.4) is 0 Å². The molecular formula is C14H19F3N2. The number of hydrogen-bond acceptors (Lipinski definition) is 2. The molecule has 0 amide bonds. The number of hydrogen-bond donors (Lipinski definition) is 1. The van der Waals surface area contributed by atoms with Crippen LogP contribution in [0.5, 0.6) is 0 Å². The number of benzene rings is 1. The van der Waals surface area contributed by atoms with Gasteiger partial charge >= 0.3 is 0 Å². The van der Waals surface area contributed by atoms with E-state index in [1.165, 1.54) is 0 Å². The lowest BCUT2D eigenvalue weighted by Gasteiger charge is -2.40.